The summed E-state index contributed by atoms with van der Waals surface area (Å²) in [6.07, 6.45) is 0.450. The third-order valence-electron chi connectivity index (χ3n) is 4.82. The van der Waals surface area contributed by atoms with Crippen LogP contribution in [0.2, 0.25) is 0 Å². The molecule has 2 aromatic heterocycles. The summed E-state index contributed by atoms with van der Waals surface area (Å²) in [7, 11) is 1.77. The highest BCUT2D eigenvalue weighted by Gasteiger charge is 2.18. The highest BCUT2D eigenvalue weighted by atomic mass is 16.5. The number of nitrogens with zero attached hydrogens (tertiary/aromatic N) is 4. The summed E-state index contributed by atoms with van der Waals surface area (Å²) >= 11 is 0. The molecular formula is C23H21N5O3. The number of benzene rings is 2. The number of pyridine rings is 1. The van der Waals surface area contributed by atoms with Crippen LogP contribution in [0.15, 0.2) is 72.8 Å². The van der Waals surface area contributed by atoms with Crippen LogP contribution in [0, 0.1) is 0 Å². The Morgan fingerprint density at radius 3 is 2.52 bits per heavy atom. The van der Waals surface area contributed by atoms with Gasteiger partial charge in [0, 0.05) is 12.6 Å². The Morgan fingerprint density at radius 1 is 1.00 bits per heavy atom. The number of rotatable bonds is 2. The Balaban J connectivity index is 0.000000158. The second-order valence-electron chi connectivity index (χ2n) is 6.87. The molecule has 156 valence electrons. The van der Waals surface area contributed by atoms with Gasteiger partial charge in [-0.3, -0.25) is 9.59 Å². The minimum atomic E-state index is -0.627. The number of aromatic nitrogens is 3. The summed E-state index contributed by atoms with van der Waals surface area (Å²) in [5.74, 6) is 0.289. The van der Waals surface area contributed by atoms with Gasteiger partial charge in [-0.15, -0.1) is 5.10 Å². The molecule has 1 aliphatic rings. The van der Waals surface area contributed by atoms with Crippen molar-refractivity contribution in [2.45, 2.75) is 6.42 Å². The normalized spacial score (nSPS) is 12.9. The largest absolute Gasteiger partial charge is 0.491 e. The van der Waals surface area contributed by atoms with Gasteiger partial charge in [0.1, 0.15) is 5.75 Å². The summed E-state index contributed by atoms with van der Waals surface area (Å²) in [5, 5.41) is 4.12. The molecule has 4 aromatic rings. The minimum Gasteiger partial charge on any atom is -0.491 e. The van der Waals surface area contributed by atoms with Gasteiger partial charge in [-0.25, -0.2) is 9.50 Å². The zero-order valence-corrected chi connectivity index (χ0v) is 16.9. The molecule has 8 heteroatoms. The maximum absolute atomic E-state index is 11.4. The molecule has 0 unspecified atom stereocenters. The molecule has 31 heavy (non-hydrogen) atoms. The quantitative estimate of drug-likeness (QED) is 0.542. The van der Waals surface area contributed by atoms with Crippen molar-refractivity contribution in [3.8, 4) is 17.0 Å². The van der Waals surface area contributed by atoms with Crippen LogP contribution in [0.5, 0.6) is 5.75 Å². The van der Waals surface area contributed by atoms with Gasteiger partial charge in [-0.1, -0.05) is 48.5 Å². The number of anilines is 1. The number of para-hydroxylation sites is 2. The number of amides is 2. The van der Waals surface area contributed by atoms with Crippen LogP contribution in [0.4, 0.5) is 5.69 Å². The molecule has 2 amide bonds. The van der Waals surface area contributed by atoms with E-state index < -0.39 is 5.91 Å². The van der Waals surface area contributed by atoms with Gasteiger partial charge in [-0.2, -0.15) is 0 Å². The van der Waals surface area contributed by atoms with Crippen molar-refractivity contribution in [2.24, 2.45) is 5.73 Å². The van der Waals surface area contributed by atoms with E-state index in [0.29, 0.717) is 18.7 Å². The molecule has 2 N–H and O–H groups in total. The molecule has 0 fully saturated rings. The Labute approximate surface area is 178 Å². The van der Waals surface area contributed by atoms with Crippen LogP contribution in [0.3, 0.4) is 0 Å². The fraction of sp³-hybridized carbons (Fsp3) is 0.130. The summed E-state index contributed by atoms with van der Waals surface area (Å²) in [5.41, 5.74) is 8.52. The zero-order valence-electron chi connectivity index (χ0n) is 16.9. The molecule has 5 rings (SSSR count). The lowest BCUT2D eigenvalue weighted by Crippen LogP contribution is -2.24. The number of carbonyl (C=O) groups excluding carboxylic acids is 2. The lowest BCUT2D eigenvalue weighted by Gasteiger charge is -2.15. The number of nitrogens with two attached hydrogens (primary N) is 1. The third-order valence-corrected chi connectivity index (χ3v) is 4.82. The number of hydrogen-bond acceptors (Lipinski definition) is 5. The molecule has 1 aliphatic heterocycles. The second kappa shape index (κ2) is 8.66. The summed E-state index contributed by atoms with van der Waals surface area (Å²) in [4.78, 5) is 28.2. The first-order valence-corrected chi connectivity index (χ1v) is 9.74. The van der Waals surface area contributed by atoms with E-state index in [9.17, 15) is 9.59 Å². The lowest BCUT2D eigenvalue weighted by molar-refractivity contribution is -0.118. The fourth-order valence-electron chi connectivity index (χ4n) is 3.24. The van der Waals surface area contributed by atoms with Crippen molar-refractivity contribution in [1.82, 2.24) is 14.6 Å². The average Bonchev–Trinajstić information content (AvgIpc) is 3.19. The van der Waals surface area contributed by atoms with E-state index in [1.54, 1.807) is 22.5 Å². The van der Waals surface area contributed by atoms with Gasteiger partial charge < -0.3 is 15.4 Å². The second-order valence-corrected chi connectivity index (χ2v) is 6.87. The van der Waals surface area contributed by atoms with E-state index in [0.717, 1.165) is 22.7 Å². The van der Waals surface area contributed by atoms with E-state index in [4.69, 9.17) is 10.5 Å². The van der Waals surface area contributed by atoms with Gasteiger partial charge in [0.05, 0.1) is 24.4 Å². The Hall–Kier alpha value is -4.20. The summed E-state index contributed by atoms with van der Waals surface area (Å²) in [6, 6.07) is 22.9. The minimum absolute atomic E-state index is 0.0263. The molecule has 0 atom stereocenters. The monoisotopic (exact) mass is 415 g/mol. The number of ether oxygens (including phenoxy) is 1. The first kappa shape index (κ1) is 20.1. The van der Waals surface area contributed by atoms with E-state index in [2.05, 4.69) is 10.1 Å². The van der Waals surface area contributed by atoms with Crippen molar-refractivity contribution in [2.75, 3.05) is 18.6 Å². The van der Waals surface area contributed by atoms with Crippen molar-refractivity contribution >= 4 is 23.1 Å². The first-order valence-electron chi connectivity index (χ1n) is 9.74. The predicted octanol–water partition coefficient (Wildman–Crippen LogP) is 2.93. The van der Waals surface area contributed by atoms with Crippen molar-refractivity contribution < 1.29 is 14.3 Å². The number of fused-ring (bicyclic) bond motifs is 2. The Kier molecular flexibility index (Phi) is 5.61. The number of primary amides is 1. The van der Waals surface area contributed by atoms with Crippen molar-refractivity contribution in [3.05, 3.63) is 78.6 Å². The van der Waals surface area contributed by atoms with Gasteiger partial charge in [0.2, 0.25) is 11.7 Å². The molecule has 0 saturated carbocycles. The Bertz CT molecular complexity index is 1240. The highest BCUT2D eigenvalue weighted by Crippen LogP contribution is 2.29. The van der Waals surface area contributed by atoms with E-state index in [-0.39, 0.29) is 11.7 Å². The third kappa shape index (κ3) is 4.23. The maximum Gasteiger partial charge on any atom is 0.288 e. The van der Waals surface area contributed by atoms with E-state index >= 15 is 0 Å². The Morgan fingerprint density at radius 2 is 1.74 bits per heavy atom. The van der Waals surface area contributed by atoms with Gasteiger partial charge >= 0.3 is 0 Å². The molecule has 3 heterocycles. The SMILES string of the molecule is CN1C(=O)CCOc2ccccc21.NC(=O)c1nc2cccc(-c3ccccc3)n2n1. The number of hydrogen-bond donors (Lipinski definition) is 1. The van der Waals surface area contributed by atoms with E-state index in [1.807, 2.05) is 66.7 Å². The first-order chi connectivity index (χ1) is 15.0. The van der Waals surface area contributed by atoms with Gasteiger partial charge in [-0.05, 0) is 24.3 Å². The van der Waals surface area contributed by atoms with Gasteiger partial charge in [0.25, 0.3) is 5.91 Å². The smallest absolute Gasteiger partial charge is 0.288 e. The number of carbonyl (C=O) groups is 2. The van der Waals surface area contributed by atoms with E-state index in [1.165, 1.54) is 0 Å². The van der Waals surface area contributed by atoms with Crippen LogP contribution in [0.25, 0.3) is 16.9 Å². The lowest BCUT2D eigenvalue weighted by atomic mass is 10.1. The van der Waals surface area contributed by atoms with Crippen LogP contribution in [-0.2, 0) is 4.79 Å². The summed E-state index contributed by atoms with van der Waals surface area (Å²) in [6.45, 7) is 0.472. The van der Waals surface area contributed by atoms with Crippen LogP contribution in [-0.4, -0.2) is 40.1 Å². The molecular weight excluding hydrogens is 394 g/mol. The zero-order chi connectivity index (χ0) is 21.8. The maximum atomic E-state index is 11.4. The topological polar surface area (TPSA) is 103 Å². The molecule has 2 aromatic carbocycles. The predicted molar refractivity (Wildman–Crippen MR) is 117 cm³/mol. The fourth-order valence-corrected chi connectivity index (χ4v) is 3.24. The van der Waals surface area contributed by atoms with Crippen LogP contribution in [0.1, 0.15) is 17.0 Å². The van der Waals surface area contributed by atoms with Crippen molar-refractivity contribution in [3.63, 3.8) is 0 Å². The standard InChI is InChI=1S/C13H10N4O.C10H11NO2/c14-12(18)13-15-11-8-4-7-10(17(11)16-13)9-5-2-1-3-6-9;1-11-8-4-2-3-5-9(8)13-7-6-10(11)12/h1-8H,(H2,14,18);2-5H,6-7H2,1H3. The van der Waals surface area contributed by atoms with Crippen molar-refractivity contribution in [1.29, 1.82) is 0 Å². The summed E-state index contributed by atoms with van der Waals surface area (Å²) < 4.78 is 7.05. The molecule has 0 aliphatic carbocycles. The van der Waals surface area contributed by atoms with Crippen LogP contribution < -0.4 is 15.4 Å². The van der Waals surface area contributed by atoms with Crippen LogP contribution >= 0.6 is 0 Å². The highest BCUT2D eigenvalue weighted by molar-refractivity contribution is 5.95. The average molecular weight is 415 g/mol. The van der Waals surface area contributed by atoms with Gasteiger partial charge in [0.15, 0.2) is 5.65 Å². The molecule has 0 spiro atoms. The molecule has 0 bridgehead atoms. The molecule has 0 saturated heterocycles. The molecule has 0 radical (unpaired) electrons. The molecule has 8 nitrogen and oxygen atoms in total.